The highest BCUT2D eigenvalue weighted by Gasteiger charge is 2.37. The van der Waals surface area contributed by atoms with Gasteiger partial charge in [0.05, 0.1) is 11.5 Å². The smallest absolute Gasteiger partial charge is 0.120 e. The molecule has 0 amide bonds. The van der Waals surface area contributed by atoms with E-state index in [1.54, 1.807) is 12.3 Å². The van der Waals surface area contributed by atoms with Crippen LogP contribution in [0.15, 0.2) is 42.8 Å². The third kappa shape index (κ3) is 4.40. The van der Waals surface area contributed by atoms with Crippen molar-refractivity contribution in [1.29, 1.82) is 0 Å². The number of fused-ring (bicyclic) bond motifs is 1. The van der Waals surface area contributed by atoms with Crippen molar-refractivity contribution in [2.45, 2.75) is 71.1 Å². The fourth-order valence-corrected chi connectivity index (χ4v) is 4.33. The van der Waals surface area contributed by atoms with Crippen molar-refractivity contribution >= 4 is 17.9 Å². The van der Waals surface area contributed by atoms with Gasteiger partial charge in [0, 0.05) is 24.6 Å². The summed E-state index contributed by atoms with van der Waals surface area (Å²) < 4.78 is 0. The molecule has 0 bridgehead atoms. The molecular formula is C27H33NO2. The standard InChI is InChI=1S/C27H33NO2/c1-18-14-23-24(27(5,6)12-11-26(23,3)4)16-22(18)19(2)25-10-9-20(17-28-25)15-21(30)8-7-13-29/h9-10,13-17,30H,2,7-8,11-12H2,1,3-6H3/b21-15-. The first-order chi connectivity index (χ1) is 14.0. The first-order valence-corrected chi connectivity index (χ1v) is 10.7. The van der Waals surface area contributed by atoms with Crippen molar-refractivity contribution in [3.63, 3.8) is 0 Å². The van der Waals surface area contributed by atoms with Crippen molar-refractivity contribution in [1.82, 2.24) is 4.98 Å². The van der Waals surface area contributed by atoms with Crippen LogP contribution in [0.3, 0.4) is 0 Å². The zero-order valence-electron chi connectivity index (χ0n) is 18.9. The van der Waals surface area contributed by atoms with Gasteiger partial charge < -0.3 is 9.90 Å². The summed E-state index contributed by atoms with van der Waals surface area (Å²) in [6, 6.07) is 8.54. The number of aryl methyl sites for hydroxylation is 1. The molecule has 0 aliphatic heterocycles. The molecule has 1 aromatic carbocycles. The average molecular weight is 404 g/mol. The first kappa shape index (κ1) is 22.0. The van der Waals surface area contributed by atoms with Crippen LogP contribution >= 0.6 is 0 Å². The van der Waals surface area contributed by atoms with Crippen molar-refractivity contribution in [3.8, 4) is 0 Å². The van der Waals surface area contributed by atoms with Crippen molar-refractivity contribution in [3.05, 3.63) is 76.3 Å². The van der Waals surface area contributed by atoms with Crippen LogP contribution in [0.2, 0.25) is 0 Å². The van der Waals surface area contributed by atoms with E-state index in [4.69, 9.17) is 0 Å². The van der Waals surface area contributed by atoms with Gasteiger partial charge in [-0.1, -0.05) is 46.4 Å². The molecule has 0 radical (unpaired) electrons. The minimum atomic E-state index is 0.148. The van der Waals surface area contributed by atoms with Gasteiger partial charge >= 0.3 is 0 Å². The van der Waals surface area contributed by atoms with Gasteiger partial charge in [0.25, 0.3) is 0 Å². The number of aliphatic hydroxyl groups is 1. The van der Waals surface area contributed by atoms with Crippen LogP contribution in [-0.2, 0) is 15.6 Å². The predicted octanol–water partition coefficient (Wildman–Crippen LogP) is 6.68. The summed E-state index contributed by atoms with van der Waals surface area (Å²) in [6.45, 7) is 15.9. The molecule has 0 fully saturated rings. The largest absolute Gasteiger partial charge is 0.512 e. The van der Waals surface area contributed by atoms with E-state index in [-0.39, 0.29) is 16.6 Å². The molecule has 3 heteroatoms. The van der Waals surface area contributed by atoms with E-state index in [1.165, 1.54) is 29.5 Å². The van der Waals surface area contributed by atoms with Gasteiger partial charge in [-0.15, -0.1) is 0 Å². The Morgan fingerprint density at radius 1 is 1.13 bits per heavy atom. The zero-order valence-corrected chi connectivity index (χ0v) is 18.9. The molecule has 0 saturated heterocycles. The number of carbonyl (C=O) groups excluding carboxylic acids is 1. The minimum absolute atomic E-state index is 0.148. The van der Waals surface area contributed by atoms with Crippen molar-refractivity contribution in [2.24, 2.45) is 0 Å². The van der Waals surface area contributed by atoms with E-state index >= 15 is 0 Å². The lowest BCUT2D eigenvalue weighted by atomic mass is 9.62. The fraction of sp³-hybridized carbons (Fsp3) is 0.407. The third-order valence-electron chi connectivity index (χ3n) is 6.47. The number of carbonyl (C=O) groups is 1. The first-order valence-electron chi connectivity index (χ1n) is 10.7. The number of hydrogen-bond donors (Lipinski definition) is 1. The number of aldehydes is 1. The van der Waals surface area contributed by atoms with Gasteiger partial charge in [-0.2, -0.15) is 0 Å². The average Bonchev–Trinajstić information content (AvgIpc) is 2.70. The number of aliphatic hydroxyl groups excluding tert-OH is 1. The normalized spacial score (nSPS) is 17.3. The topological polar surface area (TPSA) is 50.2 Å². The summed E-state index contributed by atoms with van der Waals surface area (Å²) in [6.07, 6.45) is 7.22. The highest BCUT2D eigenvalue weighted by Crippen LogP contribution is 2.47. The van der Waals surface area contributed by atoms with E-state index in [1.807, 2.05) is 12.1 Å². The quantitative estimate of drug-likeness (QED) is 0.432. The maximum absolute atomic E-state index is 10.4. The van der Waals surface area contributed by atoms with Gasteiger partial charge in [0.2, 0.25) is 0 Å². The van der Waals surface area contributed by atoms with Gasteiger partial charge in [0.15, 0.2) is 0 Å². The molecule has 0 atom stereocenters. The lowest BCUT2D eigenvalue weighted by Gasteiger charge is -2.42. The third-order valence-corrected chi connectivity index (χ3v) is 6.47. The molecule has 1 aliphatic carbocycles. The number of hydrogen-bond acceptors (Lipinski definition) is 3. The number of benzene rings is 1. The van der Waals surface area contributed by atoms with Crippen molar-refractivity contribution < 1.29 is 9.90 Å². The van der Waals surface area contributed by atoms with Gasteiger partial charge in [-0.05, 0) is 76.6 Å². The fourth-order valence-electron chi connectivity index (χ4n) is 4.33. The monoisotopic (exact) mass is 403 g/mol. The number of aromatic nitrogens is 1. The maximum Gasteiger partial charge on any atom is 0.120 e. The van der Waals surface area contributed by atoms with Crippen LogP contribution in [0.25, 0.3) is 11.6 Å². The van der Waals surface area contributed by atoms with Crippen LogP contribution in [0.4, 0.5) is 0 Å². The zero-order chi connectivity index (χ0) is 22.1. The molecule has 2 aromatic rings. The van der Waals surface area contributed by atoms with E-state index in [0.717, 1.165) is 28.7 Å². The molecule has 1 aromatic heterocycles. The second-order valence-electron chi connectivity index (χ2n) is 9.78. The molecule has 0 spiro atoms. The second-order valence-corrected chi connectivity index (χ2v) is 9.78. The highest BCUT2D eigenvalue weighted by molar-refractivity contribution is 5.79. The predicted molar refractivity (Wildman–Crippen MR) is 125 cm³/mol. The van der Waals surface area contributed by atoms with E-state index in [2.05, 4.69) is 58.3 Å². The van der Waals surface area contributed by atoms with Crippen LogP contribution in [-0.4, -0.2) is 16.4 Å². The molecule has 158 valence electrons. The van der Waals surface area contributed by atoms with E-state index in [0.29, 0.717) is 12.8 Å². The summed E-state index contributed by atoms with van der Waals surface area (Å²) in [5, 5.41) is 9.89. The Labute approximate surface area is 180 Å². The van der Waals surface area contributed by atoms with Crippen LogP contribution in [0.1, 0.15) is 86.9 Å². The SMILES string of the molecule is C=C(c1ccc(/C=C(\O)CCC=O)cn1)c1cc2c(cc1C)C(C)(C)CCC2(C)C. The van der Waals surface area contributed by atoms with Crippen molar-refractivity contribution in [2.75, 3.05) is 0 Å². The Morgan fingerprint density at radius 2 is 1.77 bits per heavy atom. The number of allylic oxidation sites excluding steroid dienone is 1. The summed E-state index contributed by atoms with van der Waals surface area (Å²) in [5.74, 6) is 0.186. The number of pyridine rings is 1. The molecule has 30 heavy (non-hydrogen) atoms. The van der Waals surface area contributed by atoms with Gasteiger partial charge in [-0.25, -0.2) is 0 Å². The van der Waals surface area contributed by atoms with E-state index < -0.39 is 0 Å². The number of nitrogens with zero attached hydrogens (tertiary/aromatic N) is 1. The van der Waals surface area contributed by atoms with Crippen LogP contribution in [0, 0.1) is 6.92 Å². The maximum atomic E-state index is 10.4. The van der Waals surface area contributed by atoms with E-state index in [9.17, 15) is 9.90 Å². The number of rotatable bonds is 6. The Balaban J connectivity index is 1.93. The van der Waals surface area contributed by atoms with Crippen LogP contribution < -0.4 is 0 Å². The van der Waals surface area contributed by atoms with Crippen LogP contribution in [0.5, 0.6) is 0 Å². The molecule has 1 N–H and O–H groups in total. The lowest BCUT2D eigenvalue weighted by molar-refractivity contribution is -0.107. The summed E-state index contributed by atoms with van der Waals surface area (Å²) in [4.78, 5) is 15.0. The Bertz CT molecular complexity index is 994. The molecular weight excluding hydrogens is 370 g/mol. The summed E-state index contributed by atoms with van der Waals surface area (Å²) >= 11 is 0. The summed E-state index contributed by atoms with van der Waals surface area (Å²) in [7, 11) is 0. The molecule has 1 heterocycles. The minimum Gasteiger partial charge on any atom is -0.512 e. The van der Waals surface area contributed by atoms with Gasteiger partial charge in [0.1, 0.15) is 6.29 Å². The second kappa shape index (κ2) is 8.22. The summed E-state index contributed by atoms with van der Waals surface area (Å²) in [5.41, 5.74) is 8.12. The molecule has 1 aliphatic rings. The van der Waals surface area contributed by atoms with Gasteiger partial charge in [-0.3, -0.25) is 4.98 Å². The highest BCUT2D eigenvalue weighted by atomic mass is 16.3. The molecule has 0 unspecified atom stereocenters. The molecule has 3 nitrogen and oxygen atoms in total. The Hall–Kier alpha value is -2.68. The Kier molecular flexibility index (Phi) is 6.03. The molecule has 3 rings (SSSR count). The molecule has 0 saturated carbocycles. The lowest BCUT2D eigenvalue weighted by Crippen LogP contribution is -2.34. The Morgan fingerprint density at radius 3 is 2.33 bits per heavy atom.